The molecule has 12 nitrogen and oxygen atoms in total. The van der Waals surface area contributed by atoms with Crippen LogP contribution >= 0.6 is 0 Å². The van der Waals surface area contributed by atoms with E-state index in [0.717, 1.165) is 50.6 Å². The summed E-state index contributed by atoms with van der Waals surface area (Å²) in [5.41, 5.74) is 6.81. The molecule has 1 aliphatic rings. The summed E-state index contributed by atoms with van der Waals surface area (Å²) in [5, 5.41) is 48.1. The predicted octanol–water partition coefficient (Wildman–Crippen LogP) is 5.74. The van der Waals surface area contributed by atoms with Crippen molar-refractivity contribution >= 4 is 17.9 Å². The van der Waals surface area contributed by atoms with Gasteiger partial charge in [0.2, 0.25) is 0 Å². The maximum atomic E-state index is 11.7. The van der Waals surface area contributed by atoms with Crippen molar-refractivity contribution in [3.63, 3.8) is 0 Å². The summed E-state index contributed by atoms with van der Waals surface area (Å²) in [6.07, 6.45) is 23.8. The minimum Gasteiger partial charge on any atom is -0.479 e. The van der Waals surface area contributed by atoms with Gasteiger partial charge in [0.05, 0.1) is 13.2 Å². The van der Waals surface area contributed by atoms with Crippen LogP contribution in [0.1, 0.15) is 73.1 Å². The van der Waals surface area contributed by atoms with Crippen LogP contribution in [0.25, 0.3) is 0 Å². The number of carbonyl (C=O) groups is 2. The number of nitrogens with one attached hydrogen (secondary N) is 1. The zero-order chi connectivity index (χ0) is 40.6. The van der Waals surface area contributed by atoms with Crippen molar-refractivity contribution in [2.75, 3.05) is 20.7 Å². The Morgan fingerprint density at radius 2 is 1.50 bits per heavy atom. The Labute approximate surface area is 322 Å². The molecule has 1 rings (SSSR count). The van der Waals surface area contributed by atoms with Crippen LogP contribution in [0, 0.1) is 23.2 Å². The van der Waals surface area contributed by atoms with Crippen molar-refractivity contribution in [3.8, 4) is 0 Å². The minimum absolute atomic E-state index is 0.0878. The molecule has 0 aromatic carbocycles. The Hall–Kier alpha value is -4.07. The quantitative estimate of drug-likeness (QED) is 0.0142. The van der Waals surface area contributed by atoms with Crippen molar-refractivity contribution in [1.29, 1.82) is 5.41 Å². The van der Waals surface area contributed by atoms with E-state index in [2.05, 4.69) is 49.0 Å². The van der Waals surface area contributed by atoms with Crippen molar-refractivity contribution in [2.45, 2.75) is 110 Å². The molecule has 9 atom stereocenters. The number of rotatable bonds is 23. The molecule has 1 fully saturated rings. The van der Waals surface area contributed by atoms with E-state index in [9.17, 15) is 30.0 Å². The number of allylic oxidation sites excluding steroid dienone is 13. The van der Waals surface area contributed by atoms with E-state index in [-0.39, 0.29) is 23.8 Å². The molecule has 0 aromatic rings. The average Bonchev–Trinajstić information content (AvgIpc) is 3.12. The van der Waals surface area contributed by atoms with Gasteiger partial charge in [-0.3, -0.25) is 5.41 Å². The van der Waals surface area contributed by atoms with Gasteiger partial charge in [0.15, 0.2) is 18.4 Å². The van der Waals surface area contributed by atoms with Gasteiger partial charge in [-0.15, -0.1) is 0 Å². The number of hydrogen-bond donors (Lipinski definition) is 6. The summed E-state index contributed by atoms with van der Waals surface area (Å²) in [4.78, 5) is 24.9. The Kier molecular flexibility index (Phi) is 23.7. The molecule has 7 N–H and O–H groups in total. The van der Waals surface area contributed by atoms with Crippen molar-refractivity contribution < 1.29 is 44.2 Å². The number of aliphatic hydroxyl groups excluding tert-OH is 3. The van der Waals surface area contributed by atoms with Gasteiger partial charge in [0.25, 0.3) is 0 Å². The summed E-state index contributed by atoms with van der Waals surface area (Å²) in [5.74, 6) is -1.40. The summed E-state index contributed by atoms with van der Waals surface area (Å²) >= 11 is 0. The van der Waals surface area contributed by atoms with Gasteiger partial charge in [-0.1, -0.05) is 106 Å². The first-order valence-corrected chi connectivity index (χ1v) is 18.7. The lowest BCUT2D eigenvalue weighted by Gasteiger charge is -2.40. The Morgan fingerprint density at radius 3 is 2.13 bits per heavy atom. The number of methoxy groups -OCH3 is 1. The van der Waals surface area contributed by atoms with Crippen LogP contribution in [-0.4, -0.2) is 101 Å². The molecule has 1 aliphatic heterocycles. The molecule has 0 bridgehead atoms. The summed E-state index contributed by atoms with van der Waals surface area (Å²) < 4.78 is 16.3. The van der Waals surface area contributed by atoms with Crippen LogP contribution in [0.4, 0.5) is 0 Å². The zero-order valence-electron chi connectivity index (χ0n) is 33.1. The molecule has 1 heterocycles. The number of nitrogens with zero attached hydrogens (tertiary/aromatic N) is 1. The first-order valence-electron chi connectivity index (χ1n) is 18.7. The van der Waals surface area contributed by atoms with E-state index >= 15 is 0 Å². The third kappa shape index (κ3) is 18.8. The molecular weight excluding hydrogens is 690 g/mol. The number of guanidine groups is 1. The largest absolute Gasteiger partial charge is 0.479 e. The minimum atomic E-state index is -1.81. The second kappa shape index (κ2) is 26.7. The monoisotopic (exact) mass is 755 g/mol. The van der Waals surface area contributed by atoms with Gasteiger partial charge in [0, 0.05) is 25.1 Å². The van der Waals surface area contributed by atoms with Gasteiger partial charge in [0.1, 0.15) is 18.3 Å². The third-order valence-corrected chi connectivity index (χ3v) is 8.95. The SMILES string of the molecule is COC(=O)/C(C)=C/C=C/C=C/C=C/C=C/C(C)C(OC1OC(C(=O)O)C(O)C(O)C1O)/C(C)=C/C(C)CCC/C=C/C(C)C/C=C/CCCN(C)C(=N)N. The molecule has 0 radical (unpaired) electrons. The van der Waals surface area contributed by atoms with Crippen LogP contribution in [0.3, 0.4) is 0 Å². The van der Waals surface area contributed by atoms with Crippen molar-refractivity contribution in [1.82, 2.24) is 4.90 Å². The number of carboxylic acid groups (broad SMARTS) is 1. The van der Waals surface area contributed by atoms with E-state index in [1.54, 1.807) is 30.1 Å². The Bertz CT molecular complexity index is 1400. The maximum absolute atomic E-state index is 11.7. The predicted molar refractivity (Wildman–Crippen MR) is 213 cm³/mol. The number of carbonyl (C=O) groups excluding carboxylic acids is 1. The Morgan fingerprint density at radius 1 is 0.870 bits per heavy atom. The van der Waals surface area contributed by atoms with Crippen LogP contribution in [0.2, 0.25) is 0 Å². The molecule has 0 saturated carbocycles. The van der Waals surface area contributed by atoms with Gasteiger partial charge >= 0.3 is 11.9 Å². The van der Waals surface area contributed by atoms with Crippen molar-refractivity contribution in [2.24, 2.45) is 23.5 Å². The van der Waals surface area contributed by atoms with Crippen LogP contribution < -0.4 is 5.73 Å². The van der Waals surface area contributed by atoms with Crippen molar-refractivity contribution in [3.05, 3.63) is 96.2 Å². The molecular formula is C42H65N3O9. The van der Waals surface area contributed by atoms with Gasteiger partial charge in [-0.2, -0.15) is 0 Å². The first kappa shape index (κ1) is 48.0. The third-order valence-electron chi connectivity index (χ3n) is 8.95. The lowest BCUT2D eigenvalue weighted by atomic mass is 9.92. The molecule has 9 unspecified atom stereocenters. The normalized spacial score (nSPS) is 23.9. The number of esters is 1. The average molecular weight is 756 g/mol. The fraction of sp³-hybridized carbons (Fsp3) is 0.548. The summed E-state index contributed by atoms with van der Waals surface area (Å²) in [7, 11) is 3.15. The highest BCUT2D eigenvalue weighted by atomic mass is 16.7. The molecule has 54 heavy (non-hydrogen) atoms. The fourth-order valence-corrected chi connectivity index (χ4v) is 5.63. The second-order valence-corrected chi connectivity index (χ2v) is 13.9. The van der Waals surface area contributed by atoms with E-state index in [1.807, 2.05) is 57.4 Å². The molecule has 0 spiro atoms. The molecule has 0 aliphatic carbocycles. The van der Waals surface area contributed by atoms with Crippen LogP contribution in [0.15, 0.2) is 96.2 Å². The van der Waals surface area contributed by atoms with E-state index in [0.29, 0.717) is 11.5 Å². The van der Waals surface area contributed by atoms with Gasteiger partial charge in [-0.05, 0) is 69.8 Å². The first-order chi connectivity index (χ1) is 25.6. The van der Waals surface area contributed by atoms with Crippen LogP contribution in [0.5, 0.6) is 0 Å². The maximum Gasteiger partial charge on any atom is 0.335 e. The summed E-state index contributed by atoms with van der Waals surface area (Å²) in [6.45, 7) is 10.6. The standard InChI is InChI=1S/C42H65N3O9/c1-29(22-16-13-14-21-27-45(6)42(43)44)23-17-15-18-24-30(2)28-33(5)37(53-41-36(48)34(46)35(47)38(54-41)39(49)50)31(3)25-19-11-9-8-10-12-20-26-32(4)40(51)52-7/h8-13,16-17,19-20,23,25-26,28-31,34-38,41,46-48H,14-15,18,21-22,24,27H2,1-7H3,(H3,43,44)(H,49,50)/b10-8+,11-9+,16-13+,20-12+,23-17+,25-19+,32-26+,33-28+. The number of hydrogen-bond acceptors (Lipinski definition) is 9. The van der Waals surface area contributed by atoms with E-state index < -0.39 is 42.8 Å². The highest BCUT2D eigenvalue weighted by Crippen LogP contribution is 2.29. The fourth-order valence-electron chi connectivity index (χ4n) is 5.63. The highest BCUT2D eigenvalue weighted by Gasteiger charge is 2.48. The van der Waals surface area contributed by atoms with Gasteiger partial charge in [-0.25, -0.2) is 9.59 Å². The second-order valence-electron chi connectivity index (χ2n) is 13.9. The van der Waals surface area contributed by atoms with E-state index in [4.69, 9.17) is 20.6 Å². The number of carboxylic acids is 1. The molecule has 1 saturated heterocycles. The Balaban J connectivity index is 2.89. The van der Waals surface area contributed by atoms with Crippen LogP contribution in [-0.2, 0) is 23.8 Å². The number of nitrogens with two attached hydrogens (primary N) is 1. The molecule has 12 heteroatoms. The molecule has 0 amide bonds. The van der Waals surface area contributed by atoms with Gasteiger partial charge < -0.3 is 45.3 Å². The number of aliphatic hydroxyl groups is 3. The summed E-state index contributed by atoms with van der Waals surface area (Å²) in [6, 6.07) is 0. The topological polar surface area (TPSA) is 196 Å². The number of aliphatic carboxylic acids is 1. The highest BCUT2D eigenvalue weighted by molar-refractivity contribution is 5.87. The molecule has 0 aromatic heterocycles. The lowest BCUT2D eigenvalue weighted by Crippen LogP contribution is -2.61. The number of ether oxygens (including phenoxy) is 3. The van der Waals surface area contributed by atoms with E-state index in [1.165, 1.54) is 7.11 Å². The molecule has 302 valence electrons. The lowest BCUT2D eigenvalue weighted by molar-refractivity contribution is -0.303. The zero-order valence-corrected chi connectivity index (χ0v) is 33.1. The number of unbranched alkanes of at least 4 members (excludes halogenated alkanes) is 2. The smallest absolute Gasteiger partial charge is 0.335 e.